The maximum Gasteiger partial charge on any atom is 0.339 e. The zero-order valence-corrected chi connectivity index (χ0v) is 12.5. The lowest BCUT2D eigenvalue weighted by Gasteiger charge is -2.09. The number of halogens is 3. The first kappa shape index (κ1) is 14.2. The molecule has 0 saturated heterocycles. The molecule has 0 amide bonds. The van der Waals surface area contributed by atoms with E-state index in [4.69, 9.17) is 33.0 Å². The molecule has 0 bridgehead atoms. The van der Waals surface area contributed by atoms with Gasteiger partial charge in [-0.25, -0.2) is 4.79 Å². The van der Waals surface area contributed by atoms with Gasteiger partial charge in [-0.05, 0) is 30.3 Å². The van der Waals surface area contributed by atoms with Crippen LogP contribution in [0, 0.1) is 0 Å². The lowest BCUT2D eigenvalue weighted by molar-refractivity contribution is 0.0694. The summed E-state index contributed by atoms with van der Waals surface area (Å²) in [5.41, 5.74) is 0.0641. The van der Waals surface area contributed by atoms with Crippen molar-refractivity contribution in [3.63, 3.8) is 0 Å². The van der Waals surface area contributed by atoms with Gasteiger partial charge in [0.25, 0.3) is 0 Å². The summed E-state index contributed by atoms with van der Waals surface area (Å²) in [5, 5.41) is 9.83. The maximum atomic E-state index is 11.1. The topological polar surface area (TPSA) is 46.5 Å². The molecule has 0 aliphatic heterocycles. The Morgan fingerprint density at radius 2 is 1.84 bits per heavy atom. The molecular formula is C13H7BrCl2O3. The molecule has 0 saturated carbocycles. The molecule has 6 heteroatoms. The van der Waals surface area contributed by atoms with Gasteiger partial charge in [-0.1, -0.05) is 39.1 Å². The molecule has 0 aliphatic rings. The van der Waals surface area contributed by atoms with Crippen molar-refractivity contribution >= 4 is 45.1 Å². The van der Waals surface area contributed by atoms with E-state index in [1.807, 2.05) is 0 Å². The summed E-state index contributed by atoms with van der Waals surface area (Å²) in [6.07, 6.45) is 0. The number of carboxylic acid groups (broad SMARTS) is 1. The Labute approximate surface area is 127 Å². The molecule has 0 unspecified atom stereocenters. The molecule has 3 nitrogen and oxygen atoms in total. The first-order valence-corrected chi connectivity index (χ1v) is 6.68. The van der Waals surface area contributed by atoms with Crippen molar-refractivity contribution in [2.24, 2.45) is 0 Å². The van der Waals surface area contributed by atoms with E-state index in [2.05, 4.69) is 15.9 Å². The molecule has 2 aromatic rings. The zero-order chi connectivity index (χ0) is 14.0. The minimum atomic E-state index is -1.07. The highest BCUT2D eigenvalue weighted by atomic mass is 79.9. The van der Waals surface area contributed by atoms with Crippen molar-refractivity contribution in [2.45, 2.75) is 0 Å². The number of carbonyl (C=O) groups is 1. The summed E-state index contributed by atoms with van der Waals surface area (Å²) in [4.78, 5) is 11.1. The Kier molecular flexibility index (Phi) is 4.34. The van der Waals surface area contributed by atoms with Crippen LogP contribution in [0.25, 0.3) is 0 Å². The highest BCUT2D eigenvalue weighted by molar-refractivity contribution is 9.10. The van der Waals surface area contributed by atoms with Crippen LogP contribution in [0.2, 0.25) is 10.0 Å². The highest BCUT2D eigenvalue weighted by Gasteiger charge is 2.13. The van der Waals surface area contributed by atoms with Gasteiger partial charge in [0.15, 0.2) is 0 Å². The Morgan fingerprint density at radius 3 is 2.47 bits per heavy atom. The van der Waals surface area contributed by atoms with Crippen LogP contribution in [0.5, 0.6) is 11.5 Å². The van der Waals surface area contributed by atoms with Crippen molar-refractivity contribution in [3.8, 4) is 11.5 Å². The SMILES string of the molecule is O=C(O)c1ccc(Br)cc1Oc1ccc(Cl)c(Cl)c1. The van der Waals surface area contributed by atoms with Gasteiger partial charge in [0.2, 0.25) is 0 Å². The van der Waals surface area contributed by atoms with Crippen LogP contribution in [0.1, 0.15) is 10.4 Å². The quantitative estimate of drug-likeness (QED) is 0.812. The molecule has 0 radical (unpaired) electrons. The Morgan fingerprint density at radius 1 is 1.11 bits per heavy atom. The molecule has 2 aromatic carbocycles. The molecule has 19 heavy (non-hydrogen) atoms. The second kappa shape index (κ2) is 5.82. The van der Waals surface area contributed by atoms with E-state index >= 15 is 0 Å². The minimum absolute atomic E-state index is 0.0641. The number of rotatable bonds is 3. The number of aromatic carboxylic acids is 1. The van der Waals surface area contributed by atoms with Gasteiger partial charge in [-0.3, -0.25) is 0 Å². The lowest BCUT2D eigenvalue weighted by Crippen LogP contribution is -1.99. The fourth-order valence-corrected chi connectivity index (χ4v) is 2.05. The lowest BCUT2D eigenvalue weighted by atomic mass is 10.2. The van der Waals surface area contributed by atoms with Crippen LogP contribution >= 0.6 is 39.1 Å². The van der Waals surface area contributed by atoms with E-state index in [0.29, 0.717) is 20.3 Å². The normalized spacial score (nSPS) is 10.3. The Hall–Kier alpha value is -1.23. The van der Waals surface area contributed by atoms with Crippen molar-refractivity contribution < 1.29 is 14.6 Å². The molecule has 0 heterocycles. The fraction of sp³-hybridized carbons (Fsp3) is 0. The minimum Gasteiger partial charge on any atom is -0.478 e. The molecule has 0 aromatic heterocycles. The van der Waals surface area contributed by atoms with E-state index in [1.54, 1.807) is 24.3 Å². The van der Waals surface area contributed by atoms with Crippen LogP contribution in [0.3, 0.4) is 0 Å². The second-order valence-corrected chi connectivity index (χ2v) is 5.35. The number of carboxylic acids is 1. The fourth-order valence-electron chi connectivity index (χ4n) is 1.42. The van der Waals surface area contributed by atoms with E-state index in [-0.39, 0.29) is 11.3 Å². The van der Waals surface area contributed by atoms with Gasteiger partial charge >= 0.3 is 5.97 Å². The molecular weight excluding hydrogens is 355 g/mol. The summed E-state index contributed by atoms with van der Waals surface area (Å²) in [5.74, 6) is -0.433. The highest BCUT2D eigenvalue weighted by Crippen LogP contribution is 2.32. The monoisotopic (exact) mass is 360 g/mol. The summed E-state index contributed by atoms with van der Waals surface area (Å²) in [6.45, 7) is 0. The first-order chi connectivity index (χ1) is 8.97. The third-order valence-electron chi connectivity index (χ3n) is 2.29. The average Bonchev–Trinajstić information content (AvgIpc) is 2.33. The van der Waals surface area contributed by atoms with E-state index in [1.165, 1.54) is 12.1 Å². The average molecular weight is 362 g/mol. The maximum absolute atomic E-state index is 11.1. The third-order valence-corrected chi connectivity index (χ3v) is 3.53. The predicted octanol–water partition coefficient (Wildman–Crippen LogP) is 5.25. The number of hydrogen-bond acceptors (Lipinski definition) is 2. The number of hydrogen-bond donors (Lipinski definition) is 1. The molecule has 98 valence electrons. The van der Waals surface area contributed by atoms with Gasteiger partial charge in [-0.2, -0.15) is 0 Å². The van der Waals surface area contributed by atoms with Gasteiger partial charge in [0, 0.05) is 10.5 Å². The standard InChI is InChI=1S/C13H7BrCl2O3/c14-7-1-3-9(13(17)18)12(5-7)19-8-2-4-10(15)11(16)6-8/h1-6H,(H,17,18). The van der Waals surface area contributed by atoms with E-state index < -0.39 is 5.97 Å². The van der Waals surface area contributed by atoms with Crippen LogP contribution in [-0.2, 0) is 0 Å². The molecule has 0 fully saturated rings. The van der Waals surface area contributed by atoms with Crippen molar-refractivity contribution in [1.29, 1.82) is 0 Å². The van der Waals surface area contributed by atoms with E-state index in [9.17, 15) is 4.79 Å². The van der Waals surface area contributed by atoms with Gasteiger partial charge in [0.1, 0.15) is 17.1 Å². The van der Waals surface area contributed by atoms with Crippen LogP contribution in [-0.4, -0.2) is 11.1 Å². The smallest absolute Gasteiger partial charge is 0.339 e. The summed E-state index contributed by atoms with van der Waals surface area (Å²) in [7, 11) is 0. The van der Waals surface area contributed by atoms with Crippen molar-refractivity contribution in [3.05, 3.63) is 56.5 Å². The van der Waals surface area contributed by atoms with Gasteiger partial charge < -0.3 is 9.84 Å². The summed E-state index contributed by atoms with van der Waals surface area (Å²) >= 11 is 14.9. The number of ether oxygens (including phenoxy) is 1. The third kappa shape index (κ3) is 3.41. The molecule has 0 aliphatic carbocycles. The van der Waals surface area contributed by atoms with Gasteiger partial charge in [-0.15, -0.1) is 0 Å². The van der Waals surface area contributed by atoms with Crippen molar-refractivity contribution in [1.82, 2.24) is 0 Å². The predicted molar refractivity (Wildman–Crippen MR) is 77.6 cm³/mol. The summed E-state index contributed by atoms with van der Waals surface area (Å²) < 4.78 is 6.25. The second-order valence-electron chi connectivity index (χ2n) is 3.62. The Bertz CT molecular complexity index is 644. The molecule has 0 atom stereocenters. The zero-order valence-electron chi connectivity index (χ0n) is 9.36. The van der Waals surface area contributed by atoms with Gasteiger partial charge in [0.05, 0.1) is 10.0 Å². The van der Waals surface area contributed by atoms with Crippen LogP contribution in [0.4, 0.5) is 0 Å². The molecule has 0 spiro atoms. The first-order valence-electron chi connectivity index (χ1n) is 5.13. The number of benzene rings is 2. The molecule has 1 N–H and O–H groups in total. The summed E-state index contributed by atoms with van der Waals surface area (Å²) in [6, 6.07) is 9.38. The largest absolute Gasteiger partial charge is 0.478 e. The molecule has 2 rings (SSSR count). The Balaban J connectivity index is 2.39. The van der Waals surface area contributed by atoms with E-state index in [0.717, 1.165) is 0 Å². The van der Waals surface area contributed by atoms with Crippen LogP contribution in [0.15, 0.2) is 40.9 Å². The van der Waals surface area contributed by atoms with Crippen LogP contribution < -0.4 is 4.74 Å². The van der Waals surface area contributed by atoms with Crippen molar-refractivity contribution in [2.75, 3.05) is 0 Å².